The minimum absolute atomic E-state index is 0.219. The number of guanidine groups is 1. The first-order valence-corrected chi connectivity index (χ1v) is 9.66. The maximum Gasteiger partial charge on any atom is 0.416 e. The number of nitrogens with zero attached hydrogens (tertiary/aromatic N) is 2. The van der Waals surface area contributed by atoms with Crippen LogP contribution in [0, 0.1) is 0 Å². The van der Waals surface area contributed by atoms with E-state index >= 15 is 0 Å². The summed E-state index contributed by atoms with van der Waals surface area (Å²) in [6, 6.07) is 18.5. The molecule has 0 amide bonds. The van der Waals surface area contributed by atoms with E-state index in [0.717, 1.165) is 29.1 Å². The van der Waals surface area contributed by atoms with Gasteiger partial charge in [0.2, 0.25) is 0 Å². The molecule has 3 aromatic rings. The maximum atomic E-state index is 12.9. The van der Waals surface area contributed by atoms with Crippen molar-refractivity contribution in [3.8, 4) is 5.75 Å². The van der Waals surface area contributed by atoms with Crippen molar-refractivity contribution in [1.29, 1.82) is 0 Å². The van der Waals surface area contributed by atoms with Gasteiger partial charge in [0, 0.05) is 26.3 Å². The highest BCUT2D eigenvalue weighted by atomic mass is 19.4. The first kappa shape index (κ1) is 22.1. The molecule has 3 rings (SSSR count). The Labute approximate surface area is 179 Å². The largest absolute Gasteiger partial charge is 0.487 e. The van der Waals surface area contributed by atoms with Crippen LogP contribution >= 0.6 is 0 Å². The Hall–Kier alpha value is -3.55. The zero-order valence-electron chi connectivity index (χ0n) is 17.0. The molecular weight excluding hydrogens is 405 g/mol. The Morgan fingerprint density at radius 2 is 1.65 bits per heavy atom. The van der Waals surface area contributed by atoms with Crippen LogP contribution in [0.4, 0.5) is 13.2 Å². The highest BCUT2D eigenvalue weighted by Gasteiger charge is 2.30. The van der Waals surface area contributed by atoms with Crippen molar-refractivity contribution in [3.63, 3.8) is 0 Å². The summed E-state index contributed by atoms with van der Waals surface area (Å²) in [7, 11) is 1.61. The molecule has 1 heterocycles. The lowest BCUT2D eigenvalue weighted by atomic mass is 10.1. The molecule has 31 heavy (non-hydrogen) atoms. The van der Waals surface area contributed by atoms with Gasteiger partial charge < -0.3 is 15.4 Å². The molecule has 2 aromatic carbocycles. The molecule has 0 saturated heterocycles. The van der Waals surface area contributed by atoms with Crippen molar-refractivity contribution in [2.24, 2.45) is 4.99 Å². The summed E-state index contributed by atoms with van der Waals surface area (Å²) in [5.41, 5.74) is 1.66. The number of halogens is 3. The second-order valence-electron chi connectivity index (χ2n) is 6.73. The third-order valence-corrected chi connectivity index (χ3v) is 4.41. The lowest BCUT2D eigenvalue weighted by Crippen LogP contribution is -2.36. The molecule has 0 atom stereocenters. The minimum Gasteiger partial charge on any atom is -0.487 e. The number of aromatic nitrogens is 1. The van der Waals surface area contributed by atoms with E-state index in [2.05, 4.69) is 20.6 Å². The molecule has 8 heteroatoms. The summed E-state index contributed by atoms with van der Waals surface area (Å²) >= 11 is 0. The van der Waals surface area contributed by atoms with E-state index in [4.69, 9.17) is 4.74 Å². The van der Waals surface area contributed by atoms with Gasteiger partial charge in [0.15, 0.2) is 5.96 Å². The molecule has 0 fully saturated rings. The van der Waals surface area contributed by atoms with Crippen molar-refractivity contribution >= 4 is 5.96 Å². The molecule has 2 N–H and O–H groups in total. The Morgan fingerprint density at radius 1 is 0.935 bits per heavy atom. The number of aliphatic imine (C=N–C) groups is 1. The number of alkyl halides is 3. The van der Waals surface area contributed by atoms with E-state index in [0.29, 0.717) is 24.7 Å². The number of benzene rings is 2. The van der Waals surface area contributed by atoms with Crippen LogP contribution in [-0.4, -0.2) is 18.0 Å². The van der Waals surface area contributed by atoms with E-state index < -0.39 is 11.7 Å². The number of hydrogen-bond acceptors (Lipinski definition) is 3. The number of pyridine rings is 1. The molecule has 0 aliphatic carbocycles. The van der Waals surface area contributed by atoms with Crippen molar-refractivity contribution < 1.29 is 17.9 Å². The molecule has 0 aliphatic rings. The van der Waals surface area contributed by atoms with Crippen LogP contribution in [0.1, 0.15) is 22.4 Å². The SMILES string of the molecule is CN=C(NCc1cccc(OCc2ccccn2)c1)NCc1cccc(C(F)(F)F)c1. The topological polar surface area (TPSA) is 58.5 Å². The Bertz CT molecular complexity index is 1010. The van der Waals surface area contributed by atoms with E-state index in [1.807, 2.05) is 42.5 Å². The zero-order valence-corrected chi connectivity index (χ0v) is 17.0. The minimum atomic E-state index is -4.36. The Morgan fingerprint density at radius 3 is 2.29 bits per heavy atom. The lowest BCUT2D eigenvalue weighted by Gasteiger charge is -2.14. The third-order valence-electron chi connectivity index (χ3n) is 4.41. The van der Waals surface area contributed by atoms with Gasteiger partial charge in [0.1, 0.15) is 12.4 Å². The average molecular weight is 428 g/mol. The van der Waals surface area contributed by atoms with Crippen LogP contribution in [0.3, 0.4) is 0 Å². The molecular formula is C23H23F3N4O. The van der Waals surface area contributed by atoms with Crippen LogP contribution in [0.15, 0.2) is 77.9 Å². The average Bonchev–Trinajstić information content (AvgIpc) is 2.78. The Balaban J connectivity index is 1.51. The third kappa shape index (κ3) is 7.02. The quantitative estimate of drug-likeness (QED) is 0.428. The molecule has 0 spiro atoms. The van der Waals surface area contributed by atoms with Crippen LogP contribution in [0.5, 0.6) is 5.75 Å². The normalized spacial score (nSPS) is 11.8. The molecule has 1 aromatic heterocycles. The number of ether oxygens (including phenoxy) is 1. The van der Waals surface area contributed by atoms with Gasteiger partial charge in [-0.1, -0.05) is 30.3 Å². The first-order chi connectivity index (χ1) is 14.9. The molecule has 0 radical (unpaired) electrons. The fourth-order valence-electron chi connectivity index (χ4n) is 2.84. The van der Waals surface area contributed by atoms with Crippen LogP contribution < -0.4 is 15.4 Å². The van der Waals surface area contributed by atoms with Gasteiger partial charge in [-0.3, -0.25) is 9.98 Å². The van der Waals surface area contributed by atoms with E-state index in [9.17, 15) is 13.2 Å². The smallest absolute Gasteiger partial charge is 0.416 e. The first-order valence-electron chi connectivity index (χ1n) is 9.66. The monoisotopic (exact) mass is 428 g/mol. The fraction of sp³-hybridized carbons (Fsp3) is 0.217. The van der Waals surface area contributed by atoms with Gasteiger partial charge in [-0.25, -0.2) is 0 Å². The molecule has 0 unspecified atom stereocenters. The molecule has 0 saturated carbocycles. The van der Waals surface area contributed by atoms with Gasteiger partial charge in [-0.2, -0.15) is 13.2 Å². The van der Waals surface area contributed by atoms with Gasteiger partial charge in [0.25, 0.3) is 0 Å². The number of nitrogens with one attached hydrogen (secondary N) is 2. The van der Waals surface area contributed by atoms with Gasteiger partial charge in [-0.15, -0.1) is 0 Å². The number of hydrogen-bond donors (Lipinski definition) is 2. The summed E-state index contributed by atoms with van der Waals surface area (Å²) in [4.78, 5) is 8.35. The highest BCUT2D eigenvalue weighted by molar-refractivity contribution is 5.79. The van der Waals surface area contributed by atoms with Crippen molar-refractivity contribution in [2.75, 3.05) is 7.05 Å². The molecule has 5 nitrogen and oxygen atoms in total. The van der Waals surface area contributed by atoms with Crippen LogP contribution in [-0.2, 0) is 25.9 Å². The van der Waals surface area contributed by atoms with E-state index in [-0.39, 0.29) is 6.54 Å². The van der Waals surface area contributed by atoms with Gasteiger partial charge in [0.05, 0.1) is 11.3 Å². The predicted molar refractivity (Wildman–Crippen MR) is 113 cm³/mol. The zero-order chi connectivity index (χ0) is 22.1. The number of rotatable bonds is 7. The Kier molecular flexibility index (Phi) is 7.48. The molecule has 0 aliphatic heterocycles. The van der Waals surface area contributed by atoms with E-state index in [1.54, 1.807) is 19.3 Å². The summed E-state index contributed by atoms with van der Waals surface area (Å²) < 4.78 is 44.3. The van der Waals surface area contributed by atoms with Crippen molar-refractivity contribution in [1.82, 2.24) is 15.6 Å². The van der Waals surface area contributed by atoms with Crippen LogP contribution in [0.25, 0.3) is 0 Å². The van der Waals surface area contributed by atoms with Crippen molar-refractivity contribution in [3.05, 3.63) is 95.3 Å². The summed E-state index contributed by atoms with van der Waals surface area (Å²) in [5, 5.41) is 6.18. The van der Waals surface area contributed by atoms with Crippen molar-refractivity contribution in [2.45, 2.75) is 25.9 Å². The molecule has 0 bridgehead atoms. The lowest BCUT2D eigenvalue weighted by molar-refractivity contribution is -0.137. The van der Waals surface area contributed by atoms with E-state index in [1.165, 1.54) is 6.07 Å². The predicted octanol–water partition coefficient (Wildman–Crippen LogP) is 4.54. The highest BCUT2D eigenvalue weighted by Crippen LogP contribution is 2.29. The second-order valence-corrected chi connectivity index (χ2v) is 6.73. The molecule has 162 valence electrons. The summed E-state index contributed by atoms with van der Waals surface area (Å²) in [5.74, 6) is 1.20. The second kappa shape index (κ2) is 10.5. The van der Waals surface area contributed by atoms with Gasteiger partial charge in [-0.05, 0) is 47.5 Å². The summed E-state index contributed by atoms with van der Waals surface area (Å²) in [6.07, 6.45) is -2.64. The standard InChI is InChI=1S/C23H23F3N4O/c1-27-22(29-14-17-6-4-8-19(12-17)23(24,25)26)30-15-18-7-5-10-21(13-18)31-16-20-9-2-3-11-28-20/h2-13H,14-16H2,1H3,(H2,27,29,30). The maximum absolute atomic E-state index is 12.9. The van der Waals surface area contributed by atoms with Crippen LogP contribution in [0.2, 0.25) is 0 Å². The summed E-state index contributed by atoms with van der Waals surface area (Å²) in [6.45, 7) is 1.07. The van der Waals surface area contributed by atoms with Gasteiger partial charge >= 0.3 is 6.18 Å². The fourth-order valence-corrected chi connectivity index (χ4v) is 2.84.